The molecule has 0 aliphatic heterocycles. The zero-order valence-electron chi connectivity index (χ0n) is 13.6. The molecule has 0 spiro atoms. The first kappa shape index (κ1) is 16.7. The summed E-state index contributed by atoms with van der Waals surface area (Å²) in [5.41, 5.74) is 1.80. The van der Waals surface area contributed by atoms with Gasteiger partial charge in [-0.25, -0.2) is 0 Å². The number of aryl methyl sites for hydroxylation is 1. The van der Waals surface area contributed by atoms with Crippen molar-refractivity contribution in [1.29, 1.82) is 0 Å². The maximum atomic E-state index is 12.3. The lowest BCUT2D eigenvalue weighted by Gasteiger charge is -2.17. The Balaban J connectivity index is 2.07. The maximum Gasteiger partial charge on any atom is 0.307 e. The molecule has 9 nitrogen and oxygen atoms in total. The fourth-order valence-corrected chi connectivity index (χ4v) is 2.37. The van der Waals surface area contributed by atoms with Gasteiger partial charge in [0.25, 0.3) is 0 Å². The van der Waals surface area contributed by atoms with Crippen molar-refractivity contribution >= 4 is 11.6 Å². The third-order valence-electron chi connectivity index (χ3n) is 3.84. The summed E-state index contributed by atoms with van der Waals surface area (Å²) in [6.45, 7) is 8.23. The van der Waals surface area contributed by atoms with Crippen LogP contribution in [0.25, 0.3) is 0 Å². The predicted octanol–water partition coefficient (Wildman–Crippen LogP) is 1.75. The number of rotatable bonds is 6. The molecule has 124 valence electrons. The zero-order chi connectivity index (χ0) is 17.1. The lowest BCUT2D eigenvalue weighted by molar-refractivity contribution is -0.385. The number of hydrogen-bond acceptors (Lipinski definition) is 5. The number of nitrogens with zero attached hydrogens (tertiary/aromatic N) is 5. The third-order valence-corrected chi connectivity index (χ3v) is 3.84. The van der Waals surface area contributed by atoms with E-state index in [0.717, 1.165) is 24.0 Å². The molecule has 0 aromatic carbocycles. The van der Waals surface area contributed by atoms with Gasteiger partial charge in [-0.2, -0.15) is 10.2 Å². The van der Waals surface area contributed by atoms with Gasteiger partial charge in [0.05, 0.1) is 17.2 Å². The molecule has 2 rings (SSSR count). The monoisotopic (exact) mass is 320 g/mol. The molecule has 9 heteroatoms. The highest BCUT2D eigenvalue weighted by Gasteiger charge is 2.22. The van der Waals surface area contributed by atoms with Gasteiger partial charge in [0.15, 0.2) is 0 Å². The first-order valence-corrected chi connectivity index (χ1v) is 7.36. The number of carbonyl (C=O) groups is 1. The molecule has 2 heterocycles. The molecule has 0 bridgehead atoms. The van der Waals surface area contributed by atoms with Crippen molar-refractivity contribution in [2.24, 2.45) is 0 Å². The first-order chi connectivity index (χ1) is 10.8. The minimum Gasteiger partial charge on any atom is -0.348 e. The van der Waals surface area contributed by atoms with E-state index in [1.165, 1.54) is 10.9 Å². The fraction of sp³-hybridized carbons (Fsp3) is 0.500. The van der Waals surface area contributed by atoms with E-state index in [1.807, 2.05) is 25.5 Å². The van der Waals surface area contributed by atoms with E-state index in [0.29, 0.717) is 0 Å². The largest absolute Gasteiger partial charge is 0.348 e. The van der Waals surface area contributed by atoms with Crippen LogP contribution in [0.1, 0.15) is 44.1 Å². The van der Waals surface area contributed by atoms with Crippen LogP contribution in [0.15, 0.2) is 18.6 Å². The van der Waals surface area contributed by atoms with Crippen molar-refractivity contribution < 1.29 is 9.72 Å². The van der Waals surface area contributed by atoms with Crippen LogP contribution in [-0.2, 0) is 11.3 Å². The number of aromatic nitrogens is 4. The number of amides is 1. The third kappa shape index (κ3) is 3.38. The molecule has 2 aromatic heterocycles. The number of hydrogen-bond donors (Lipinski definition) is 1. The quantitative estimate of drug-likeness (QED) is 0.644. The highest BCUT2D eigenvalue weighted by Crippen LogP contribution is 2.19. The SMILES string of the molecule is CCn1ncc(C(C)NC(=O)C(C)n2cc([N+](=O)[O-])cn2)c1C. The van der Waals surface area contributed by atoms with Crippen molar-refractivity contribution in [2.45, 2.75) is 46.3 Å². The molecule has 1 amide bonds. The van der Waals surface area contributed by atoms with Crippen LogP contribution in [0.4, 0.5) is 5.69 Å². The van der Waals surface area contributed by atoms with Crippen molar-refractivity contribution in [3.63, 3.8) is 0 Å². The summed E-state index contributed by atoms with van der Waals surface area (Å²) >= 11 is 0. The van der Waals surface area contributed by atoms with Gasteiger partial charge in [-0.1, -0.05) is 0 Å². The van der Waals surface area contributed by atoms with E-state index < -0.39 is 11.0 Å². The Bertz CT molecular complexity index is 720. The van der Waals surface area contributed by atoms with Crippen LogP contribution in [0.5, 0.6) is 0 Å². The van der Waals surface area contributed by atoms with Crippen molar-refractivity contribution in [2.75, 3.05) is 0 Å². The average Bonchev–Trinajstić information content (AvgIpc) is 3.12. The van der Waals surface area contributed by atoms with Gasteiger partial charge in [-0.3, -0.25) is 24.3 Å². The summed E-state index contributed by atoms with van der Waals surface area (Å²) in [6, 6.07) is -0.858. The topological polar surface area (TPSA) is 108 Å². The molecule has 0 saturated carbocycles. The molecule has 0 aliphatic carbocycles. The van der Waals surface area contributed by atoms with Crippen LogP contribution in [0.3, 0.4) is 0 Å². The van der Waals surface area contributed by atoms with Gasteiger partial charge in [0.2, 0.25) is 5.91 Å². The van der Waals surface area contributed by atoms with Crippen molar-refractivity contribution in [3.05, 3.63) is 40.0 Å². The second-order valence-corrected chi connectivity index (χ2v) is 5.34. The normalized spacial score (nSPS) is 13.6. The summed E-state index contributed by atoms with van der Waals surface area (Å²) < 4.78 is 3.14. The van der Waals surface area contributed by atoms with Gasteiger partial charge in [0.1, 0.15) is 18.4 Å². The van der Waals surface area contributed by atoms with E-state index in [9.17, 15) is 14.9 Å². The molecule has 2 atom stereocenters. The molecular weight excluding hydrogens is 300 g/mol. The van der Waals surface area contributed by atoms with E-state index >= 15 is 0 Å². The Morgan fingerprint density at radius 2 is 2.09 bits per heavy atom. The number of nitrogens with one attached hydrogen (secondary N) is 1. The van der Waals surface area contributed by atoms with E-state index in [4.69, 9.17) is 0 Å². The summed E-state index contributed by atoms with van der Waals surface area (Å²) in [6.07, 6.45) is 4.12. The van der Waals surface area contributed by atoms with Crippen molar-refractivity contribution in [3.8, 4) is 0 Å². The van der Waals surface area contributed by atoms with Gasteiger partial charge in [-0.05, 0) is 27.7 Å². The zero-order valence-corrected chi connectivity index (χ0v) is 13.6. The summed E-state index contributed by atoms with van der Waals surface area (Å²) in [4.78, 5) is 22.5. The van der Waals surface area contributed by atoms with E-state index in [-0.39, 0.29) is 17.6 Å². The minimum absolute atomic E-state index is 0.141. The van der Waals surface area contributed by atoms with Gasteiger partial charge in [0, 0.05) is 17.8 Å². The van der Waals surface area contributed by atoms with Crippen LogP contribution < -0.4 is 5.32 Å². The van der Waals surface area contributed by atoms with E-state index in [1.54, 1.807) is 13.1 Å². The molecule has 2 unspecified atom stereocenters. The van der Waals surface area contributed by atoms with Gasteiger partial charge in [-0.15, -0.1) is 0 Å². The Morgan fingerprint density at radius 3 is 2.61 bits per heavy atom. The maximum absolute atomic E-state index is 12.3. The van der Waals surface area contributed by atoms with E-state index in [2.05, 4.69) is 15.5 Å². The Kier molecular flexibility index (Phi) is 4.77. The molecule has 1 N–H and O–H groups in total. The lowest BCUT2D eigenvalue weighted by Crippen LogP contribution is -2.33. The standard InChI is InChI=1S/C14H20N6O3/c1-5-18-10(3)13(7-16-18)9(2)17-14(21)11(4)19-8-12(6-15-19)20(22)23/h6-9,11H,5H2,1-4H3,(H,17,21). The van der Waals surface area contributed by atoms with Crippen LogP contribution in [0, 0.1) is 17.0 Å². The van der Waals surface area contributed by atoms with Gasteiger partial charge < -0.3 is 5.32 Å². The Labute approximate surface area is 133 Å². The lowest BCUT2D eigenvalue weighted by atomic mass is 10.1. The second kappa shape index (κ2) is 6.59. The van der Waals surface area contributed by atoms with Crippen LogP contribution >= 0.6 is 0 Å². The molecule has 0 radical (unpaired) electrons. The number of carbonyl (C=O) groups excluding carboxylic acids is 1. The molecule has 0 aliphatic rings. The summed E-state index contributed by atoms with van der Waals surface area (Å²) in [5.74, 6) is -0.265. The molecule has 0 fully saturated rings. The Morgan fingerprint density at radius 1 is 1.39 bits per heavy atom. The van der Waals surface area contributed by atoms with Crippen LogP contribution in [0.2, 0.25) is 0 Å². The Hall–Kier alpha value is -2.71. The fourth-order valence-electron chi connectivity index (χ4n) is 2.37. The molecule has 2 aromatic rings. The second-order valence-electron chi connectivity index (χ2n) is 5.34. The smallest absolute Gasteiger partial charge is 0.307 e. The van der Waals surface area contributed by atoms with Crippen LogP contribution in [-0.4, -0.2) is 30.4 Å². The van der Waals surface area contributed by atoms with Gasteiger partial charge >= 0.3 is 5.69 Å². The number of nitro groups is 1. The van der Waals surface area contributed by atoms with Crippen molar-refractivity contribution in [1.82, 2.24) is 24.9 Å². The highest BCUT2D eigenvalue weighted by atomic mass is 16.6. The molecular formula is C14H20N6O3. The summed E-state index contributed by atoms with van der Waals surface area (Å²) in [7, 11) is 0. The predicted molar refractivity (Wildman–Crippen MR) is 82.8 cm³/mol. The first-order valence-electron chi connectivity index (χ1n) is 7.36. The highest BCUT2D eigenvalue weighted by molar-refractivity contribution is 5.80. The molecule has 23 heavy (non-hydrogen) atoms. The average molecular weight is 320 g/mol. The minimum atomic E-state index is -0.646. The molecule has 0 saturated heterocycles. The summed E-state index contributed by atoms with van der Waals surface area (Å²) in [5, 5.41) is 21.7.